The SMILES string of the molecule is CC(=O)C(CC(C)C)CN(C)C.CC(=O)C(CC(C)C)C[N+](C)(C)C.[CH2-]C. The van der Waals surface area contributed by atoms with Crippen molar-refractivity contribution in [2.45, 2.75) is 61.3 Å². The second kappa shape index (κ2) is 16.2. The number of hydrogen-bond acceptors (Lipinski definition) is 3. The summed E-state index contributed by atoms with van der Waals surface area (Å²) in [6, 6.07) is 0. The molecular weight excluding hydrogens is 336 g/mol. The first kappa shape index (κ1) is 31.0. The van der Waals surface area contributed by atoms with Crippen LogP contribution in [-0.4, -0.2) is 69.3 Å². The molecule has 27 heavy (non-hydrogen) atoms. The second-order valence-corrected chi connectivity index (χ2v) is 9.61. The van der Waals surface area contributed by atoms with Gasteiger partial charge in [0, 0.05) is 12.5 Å². The van der Waals surface area contributed by atoms with Crippen molar-refractivity contribution in [3.8, 4) is 0 Å². The van der Waals surface area contributed by atoms with E-state index in [0.29, 0.717) is 23.4 Å². The molecule has 4 nitrogen and oxygen atoms in total. The third-order valence-corrected chi connectivity index (χ3v) is 4.02. The molecule has 2 unspecified atom stereocenters. The molecule has 0 aliphatic heterocycles. The van der Waals surface area contributed by atoms with E-state index >= 15 is 0 Å². The molecule has 0 aromatic rings. The highest BCUT2D eigenvalue weighted by atomic mass is 16.1. The van der Waals surface area contributed by atoms with Crippen LogP contribution < -0.4 is 0 Å². The second-order valence-electron chi connectivity index (χ2n) is 9.61. The molecule has 0 aliphatic carbocycles. The minimum Gasteiger partial charge on any atom is -0.346 e. The first-order chi connectivity index (χ1) is 12.2. The Kier molecular flexibility index (Phi) is 18.6. The molecule has 0 aromatic heterocycles. The van der Waals surface area contributed by atoms with Crippen LogP contribution in [0.4, 0.5) is 0 Å². The van der Waals surface area contributed by atoms with Crippen molar-refractivity contribution in [2.24, 2.45) is 23.7 Å². The molecule has 2 atom stereocenters. The molecule has 164 valence electrons. The Morgan fingerprint density at radius 1 is 0.815 bits per heavy atom. The van der Waals surface area contributed by atoms with Gasteiger partial charge in [0.05, 0.1) is 33.6 Å². The molecule has 0 fully saturated rings. The molecular formula is C23H50N2O2. The number of ketones is 2. The molecule has 0 bridgehead atoms. The predicted octanol–water partition coefficient (Wildman–Crippen LogP) is 4.58. The van der Waals surface area contributed by atoms with E-state index in [1.807, 2.05) is 14.1 Å². The zero-order chi connectivity index (χ0) is 22.4. The summed E-state index contributed by atoms with van der Waals surface area (Å²) < 4.78 is 0.872. The Hall–Kier alpha value is -0.740. The van der Waals surface area contributed by atoms with Gasteiger partial charge in [-0.25, -0.2) is 0 Å². The maximum atomic E-state index is 11.3. The van der Waals surface area contributed by atoms with Crippen LogP contribution in [-0.2, 0) is 9.59 Å². The normalized spacial score (nSPS) is 13.5. The number of Topliss-reactive ketones (excluding diaryl/α,β-unsaturated/α-hetero) is 2. The van der Waals surface area contributed by atoms with Crippen molar-refractivity contribution in [2.75, 3.05) is 48.3 Å². The number of carbonyl (C=O) groups is 2. The highest BCUT2D eigenvalue weighted by molar-refractivity contribution is 5.78. The first-order valence-electron chi connectivity index (χ1n) is 10.3. The van der Waals surface area contributed by atoms with Gasteiger partial charge in [0.2, 0.25) is 0 Å². The Morgan fingerprint density at radius 3 is 1.37 bits per heavy atom. The maximum absolute atomic E-state index is 11.3. The van der Waals surface area contributed by atoms with Gasteiger partial charge in [0.1, 0.15) is 11.6 Å². The summed E-state index contributed by atoms with van der Waals surface area (Å²) in [6.45, 7) is 18.9. The summed E-state index contributed by atoms with van der Waals surface area (Å²) in [5, 5.41) is 0. The molecule has 0 radical (unpaired) electrons. The van der Waals surface area contributed by atoms with Crippen LogP contribution in [0.25, 0.3) is 0 Å². The summed E-state index contributed by atoms with van der Waals surface area (Å²) >= 11 is 0. The number of nitrogens with zero attached hydrogens (tertiary/aromatic N) is 2. The fourth-order valence-corrected chi connectivity index (χ4v) is 2.98. The average molecular weight is 387 g/mol. The van der Waals surface area contributed by atoms with Gasteiger partial charge in [0.25, 0.3) is 0 Å². The largest absolute Gasteiger partial charge is 0.346 e. The third kappa shape index (κ3) is 23.2. The number of hydrogen-bond donors (Lipinski definition) is 0. The Balaban J connectivity index is -0.000000391. The molecule has 0 amide bonds. The number of quaternary nitrogens is 1. The van der Waals surface area contributed by atoms with E-state index < -0.39 is 0 Å². The quantitative estimate of drug-likeness (QED) is 0.407. The average Bonchev–Trinajstić information content (AvgIpc) is 2.45. The van der Waals surface area contributed by atoms with Crippen LogP contribution in [0.2, 0.25) is 0 Å². The van der Waals surface area contributed by atoms with Crippen molar-refractivity contribution in [1.82, 2.24) is 4.90 Å². The minimum atomic E-state index is 0.222. The van der Waals surface area contributed by atoms with Crippen molar-refractivity contribution in [3.05, 3.63) is 6.92 Å². The van der Waals surface area contributed by atoms with Gasteiger partial charge in [-0.05, 0) is 52.6 Å². The molecule has 4 heteroatoms. The van der Waals surface area contributed by atoms with Crippen molar-refractivity contribution < 1.29 is 14.1 Å². The topological polar surface area (TPSA) is 37.4 Å². The van der Waals surface area contributed by atoms with Gasteiger partial charge in [-0.3, -0.25) is 9.59 Å². The standard InChI is InChI=1S/C11H24NO.C10H21NO.C2H5/c1-9(2)7-11(10(3)13)8-12(4,5)6;1-8(2)6-10(9(3)12)7-11(4)5;1-2/h9,11H,7-8H2,1-6H3;8,10H,6-7H2,1-5H3;1H2,2H3/q+1;;-1. The number of rotatable bonds is 10. The zero-order valence-electron chi connectivity index (χ0n) is 20.6. The molecule has 0 aliphatic rings. The van der Waals surface area contributed by atoms with E-state index in [1.165, 1.54) is 0 Å². The summed E-state index contributed by atoms with van der Waals surface area (Å²) in [7, 11) is 10.4. The molecule has 0 saturated heterocycles. The fourth-order valence-electron chi connectivity index (χ4n) is 2.98. The third-order valence-electron chi connectivity index (χ3n) is 4.02. The van der Waals surface area contributed by atoms with Crippen LogP contribution in [0.5, 0.6) is 0 Å². The maximum Gasteiger partial charge on any atom is 0.138 e. The first-order valence-corrected chi connectivity index (χ1v) is 10.3. The molecule has 0 rings (SSSR count). The summed E-state index contributed by atoms with van der Waals surface area (Å²) in [5.74, 6) is 2.33. The summed E-state index contributed by atoms with van der Waals surface area (Å²) in [5.41, 5.74) is 0. The van der Waals surface area contributed by atoms with Gasteiger partial charge >= 0.3 is 0 Å². The van der Waals surface area contributed by atoms with Crippen molar-refractivity contribution in [3.63, 3.8) is 0 Å². The van der Waals surface area contributed by atoms with Crippen LogP contribution in [0.15, 0.2) is 0 Å². The van der Waals surface area contributed by atoms with E-state index in [-0.39, 0.29) is 11.8 Å². The Labute approximate surface area is 171 Å². The van der Waals surface area contributed by atoms with Crippen LogP contribution in [0.3, 0.4) is 0 Å². The molecule has 0 spiro atoms. The fraction of sp³-hybridized carbons (Fsp3) is 0.870. The molecule has 0 N–H and O–H groups in total. The summed E-state index contributed by atoms with van der Waals surface area (Å²) in [4.78, 5) is 24.6. The van der Waals surface area contributed by atoms with Crippen molar-refractivity contribution in [1.29, 1.82) is 0 Å². The lowest BCUT2D eigenvalue weighted by Gasteiger charge is -2.28. The zero-order valence-corrected chi connectivity index (χ0v) is 20.6. The van der Waals surface area contributed by atoms with E-state index in [1.54, 1.807) is 20.8 Å². The van der Waals surface area contributed by atoms with Gasteiger partial charge in [-0.1, -0.05) is 27.7 Å². The highest BCUT2D eigenvalue weighted by Crippen LogP contribution is 2.15. The lowest BCUT2D eigenvalue weighted by Crippen LogP contribution is -2.41. The van der Waals surface area contributed by atoms with Crippen LogP contribution in [0, 0.1) is 30.6 Å². The summed E-state index contributed by atoms with van der Waals surface area (Å²) in [6.07, 6.45) is 2.03. The molecule has 0 heterocycles. The molecule has 0 saturated carbocycles. The van der Waals surface area contributed by atoms with E-state index in [0.717, 1.165) is 30.4 Å². The van der Waals surface area contributed by atoms with Gasteiger partial charge < -0.3 is 16.3 Å². The van der Waals surface area contributed by atoms with E-state index in [4.69, 9.17) is 0 Å². The smallest absolute Gasteiger partial charge is 0.138 e. The lowest BCUT2D eigenvalue weighted by atomic mass is 9.93. The highest BCUT2D eigenvalue weighted by Gasteiger charge is 2.22. The van der Waals surface area contributed by atoms with Crippen LogP contribution >= 0.6 is 0 Å². The van der Waals surface area contributed by atoms with Crippen LogP contribution in [0.1, 0.15) is 61.3 Å². The Bertz CT molecular complexity index is 372. The lowest BCUT2D eigenvalue weighted by molar-refractivity contribution is -0.872. The van der Waals surface area contributed by atoms with Gasteiger partial charge in [0.15, 0.2) is 0 Å². The van der Waals surface area contributed by atoms with Gasteiger partial charge in [-0.15, -0.1) is 0 Å². The van der Waals surface area contributed by atoms with E-state index in [2.05, 4.69) is 60.7 Å². The monoisotopic (exact) mass is 386 g/mol. The van der Waals surface area contributed by atoms with Crippen molar-refractivity contribution >= 4 is 11.6 Å². The Morgan fingerprint density at radius 2 is 1.15 bits per heavy atom. The number of carbonyl (C=O) groups excluding carboxylic acids is 2. The van der Waals surface area contributed by atoms with Gasteiger partial charge in [-0.2, -0.15) is 6.92 Å². The van der Waals surface area contributed by atoms with E-state index in [9.17, 15) is 9.59 Å². The minimum absolute atomic E-state index is 0.222. The molecule has 0 aromatic carbocycles. The predicted molar refractivity (Wildman–Crippen MR) is 120 cm³/mol.